The Kier molecular flexibility index (Phi) is 6.39. The summed E-state index contributed by atoms with van der Waals surface area (Å²) in [5.41, 5.74) is 2.77. The zero-order valence-electron chi connectivity index (χ0n) is 12.6. The molecule has 0 bridgehead atoms. The molecule has 3 amide bonds. The van der Waals surface area contributed by atoms with Gasteiger partial charge in [-0.05, 0) is 16.7 Å². The number of benzene rings is 1. The predicted octanol–water partition coefficient (Wildman–Crippen LogP) is 0.595. The quantitative estimate of drug-likeness (QED) is 0.717. The molecule has 0 aliphatic carbocycles. The van der Waals surface area contributed by atoms with Crippen LogP contribution in [0.4, 0.5) is 0 Å². The zero-order valence-corrected chi connectivity index (χ0v) is 12.6. The molecule has 1 rings (SSSR count). The molecule has 0 aromatic heterocycles. The van der Waals surface area contributed by atoms with Gasteiger partial charge in [0.15, 0.2) is 0 Å². The molecule has 6 heteroatoms. The fourth-order valence-electron chi connectivity index (χ4n) is 1.83. The van der Waals surface area contributed by atoms with Gasteiger partial charge in [0, 0.05) is 40.4 Å². The zero-order chi connectivity index (χ0) is 15.8. The van der Waals surface area contributed by atoms with Crippen molar-refractivity contribution >= 4 is 17.7 Å². The first-order chi connectivity index (χ1) is 9.86. The lowest BCUT2D eigenvalue weighted by Gasteiger charge is -2.11. The maximum Gasteiger partial charge on any atom is 0.217 e. The van der Waals surface area contributed by atoms with Crippen LogP contribution in [0, 0.1) is 0 Å². The largest absolute Gasteiger partial charge is 0.352 e. The molecule has 0 radical (unpaired) electrons. The number of carbonyl (C=O) groups is 3. The molecule has 0 aliphatic rings. The first-order valence-corrected chi connectivity index (χ1v) is 6.72. The summed E-state index contributed by atoms with van der Waals surface area (Å²) in [5.74, 6) is -0.318. The van der Waals surface area contributed by atoms with Crippen LogP contribution in [0.1, 0.15) is 37.5 Å². The number of rotatable bonds is 6. The smallest absolute Gasteiger partial charge is 0.217 e. The lowest BCUT2D eigenvalue weighted by atomic mass is 10.0. The second kappa shape index (κ2) is 8.04. The second-order valence-electron chi connectivity index (χ2n) is 4.89. The number of amides is 3. The maximum absolute atomic E-state index is 11.0. The van der Waals surface area contributed by atoms with E-state index in [1.165, 1.54) is 20.8 Å². The van der Waals surface area contributed by atoms with Gasteiger partial charge in [-0.1, -0.05) is 18.2 Å². The SMILES string of the molecule is CC(=O)NCc1cc(CNC(C)=O)cc(CNC(C)=O)c1. The van der Waals surface area contributed by atoms with Crippen molar-refractivity contribution in [3.63, 3.8) is 0 Å². The molecule has 0 heterocycles. The van der Waals surface area contributed by atoms with E-state index in [0.29, 0.717) is 19.6 Å². The van der Waals surface area contributed by atoms with Crippen LogP contribution in [-0.2, 0) is 34.0 Å². The van der Waals surface area contributed by atoms with Crippen LogP contribution in [0.2, 0.25) is 0 Å². The highest BCUT2D eigenvalue weighted by molar-refractivity contribution is 5.73. The lowest BCUT2D eigenvalue weighted by molar-refractivity contribution is -0.119. The summed E-state index contributed by atoms with van der Waals surface area (Å²) in [6.45, 7) is 5.61. The fraction of sp³-hybridized carbons (Fsp3) is 0.400. The third-order valence-corrected chi connectivity index (χ3v) is 2.74. The second-order valence-corrected chi connectivity index (χ2v) is 4.89. The molecule has 3 N–H and O–H groups in total. The highest BCUT2D eigenvalue weighted by atomic mass is 16.2. The van der Waals surface area contributed by atoms with Crippen molar-refractivity contribution in [3.05, 3.63) is 34.9 Å². The van der Waals surface area contributed by atoms with Gasteiger partial charge in [0.1, 0.15) is 0 Å². The Morgan fingerprint density at radius 1 is 0.667 bits per heavy atom. The van der Waals surface area contributed by atoms with Gasteiger partial charge < -0.3 is 16.0 Å². The van der Waals surface area contributed by atoms with Gasteiger partial charge in [-0.2, -0.15) is 0 Å². The van der Waals surface area contributed by atoms with Crippen molar-refractivity contribution in [2.45, 2.75) is 40.4 Å². The summed E-state index contributed by atoms with van der Waals surface area (Å²) in [7, 11) is 0. The van der Waals surface area contributed by atoms with Crippen molar-refractivity contribution in [1.29, 1.82) is 0 Å². The van der Waals surface area contributed by atoms with Gasteiger partial charge in [-0.25, -0.2) is 0 Å². The molecular weight excluding hydrogens is 270 g/mol. The number of nitrogens with one attached hydrogen (secondary N) is 3. The lowest BCUT2D eigenvalue weighted by Crippen LogP contribution is -2.22. The minimum Gasteiger partial charge on any atom is -0.352 e. The molecule has 0 saturated carbocycles. The van der Waals surface area contributed by atoms with Crippen molar-refractivity contribution in [3.8, 4) is 0 Å². The van der Waals surface area contributed by atoms with E-state index in [4.69, 9.17) is 0 Å². The maximum atomic E-state index is 11.0. The van der Waals surface area contributed by atoms with Crippen molar-refractivity contribution in [1.82, 2.24) is 16.0 Å². The summed E-state index contributed by atoms with van der Waals surface area (Å²) >= 11 is 0. The Labute approximate surface area is 124 Å². The molecule has 0 aliphatic heterocycles. The van der Waals surface area contributed by atoms with E-state index in [2.05, 4.69) is 16.0 Å². The van der Waals surface area contributed by atoms with Crippen LogP contribution in [0.5, 0.6) is 0 Å². The van der Waals surface area contributed by atoms with E-state index in [9.17, 15) is 14.4 Å². The van der Waals surface area contributed by atoms with Gasteiger partial charge in [0.2, 0.25) is 17.7 Å². The Hall–Kier alpha value is -2.37. The molecule has 6 nitrogen and oxygen atoms in total. The summed E-state index contributed by atoms with van der Waals surface area (Å²) in [6, 6.07) is 5.76. The fourth-order valence-corrected chi connectivity index (χ4v) is 1.83. The molecule has 1 aromatic rings. The molecule has 0 spiro atoms. The van der Waals surface area contributed by atoms with Crippen LogP contribution in [-0.4, -0.2) is 17.7 Å². The van der Waals surface area contributed by atoms with E-state index < -0.39 is 0 Å². The standard InChI is InChI=1S/C15H21N3O3/c1-10(19)16-7-13-4-14(8-17-11(2)20)6-15(5-13)9-18-12(3)21/h4-6H,7-9H2,1-3H3,(H,16,19)(H,17,20)(H,18,21). The van der Waals surface area contributed by atoms with Gasteiger partial charge in [0.25, 0.3) is 0 Å². The summed E-state index contributed by atoms with van der Waals surface area (Å²) < 4.78 is 0. The molecule has 1 aromatic carbocycles. The highest BCUT2D eigenvalue weighted by Crippen LogP contribution is 2.11. The number of hydrogen-bond acceptors (Lipinski definition) is 3. The number of hydrogen-bond donors (Lipinski definition) is 3. The summed E-state index contributed by atoms with van der Waals surface area (Å²) in [4.78, 5) is 33.0. The van der Waals surface area contributed by atoms with Crippen LogP contribution < -0.4 is 16.0 Å². The molecule has 114 valence electrons. The van der Waals surface area contributed by atoms with Gasteiger partial charge in [0.05, 0.1) is 0 Å². The molecule has 0 fully saturated rings. The first-order valence-electron chi connectivity index (χ1n) is 6.72. The van der Waals surface area contributed by atoms with E-state index in [0.717, 1.165) is 16.7 Å². The molecule has 0 saturated heterocycles. The Bertz CT molecular complexity index is 452. The summed E-state index contributed by atoms with van der Waals surface area (Å²) in [6.07, 6.45) is 0. The monoisotopic (exact) mass is 291 g/mol. The van der Waals surface area contributed by atoms with Crippen LogP contribution in [0.25, 0.3) is 0 Å². The van der Waals surface area contributed by atoms with E-state index in [-0.39, 0.29) is 17.7 Å². The van der Waals surface area contributed by atoms with Gasteiger partial charge >= 0.3 is 0 Å². The van der Waals surface area contributed by atoms with Crippen molar-refractivity contribution in [2.75, 3.05) is 0 Å². The third-order valence-electron chi connectivity index (χ3n) is 2.74. The van der Waals surface area contributed by atoms with Crippen LogP contribution >= 0.6 is 0 Å². The minimum atomic E-state index is -0.106. The van der Waals surface area contributed by atoms with Gasteiger partial charge in [-0.3, -0.25) is 14.4 Å². The molecule has 0 unspecified atom stereocenters. The van der Waals surface area contributed by atoms with E-state index >= 15 is 0 Å². The average molecular weight is 291 g/mol. The minimum absolute atomic E-state index is 0.106. The predicted molar refractivity (Wildman–Crippen MR) is 79.0 cm³/mol. The Morgan fingerprint density at radius 3 is 1.10 bits per heavy atom. The topological polar surface area (TPSA) is 87.3 Å². The number of carbonyl (C=O) groups excluding carboxylic acids is 3. The van der Waals surface area contributed by atoms with Crippen LogP contribution in [0.3, 0.4) is 0 Å². The van der Waals surface area contributed by atoms with E-state index in [1.807, 2.05) is 18.2 Å². The van der Waals surface area contributed by atoms with E-state index in [1.54, 1.807) is 0 Å². The van der Waals surface area contributed by atoms with Gasteiger partial charge in [-0.15, -0.1) is 0 Å². The third kappa shape index (κ3) is 7.10. The van der Waals surface area contributed by atoms with Crippen molar-refractivity contribution < 1.29 is 14.4 Å². The first kappa shape index (κ1) is 16.7. The summed E-state index contributed by atoms with van der Waals surface area (Å²) in [5, 5.41) is 8.20. The Morgan fingerprint density at radius 2 is 0.905 bits per heavy atom. The Balaban J connectivity index is 2.86. The average Bonchev–Trinajstić information content (AvgIpc) is 2.40. The van der Waals surface area contributed by atoms with Crippen LogP contribution in [0.15, 0.2) is 18.2 Å². The molecule has 0 atom stereocenters. The highest BCUT2D eigenvalue weighted by Gasteiger charge is 2.04. The van der Waals surface area contributed by atoms with Crippen molar-refractivity contribution in [2.24, 2.45) is 0 Å². The molecular formula is C15H21N3O3. The molecule has 21 heavy (non-hydrogen) atoms. The normalized spacial score (nSPS) is 9.86.